The van der Waals surface area contributed by atoms with Crippen LogP contribution in [0.4, 0.5) is 13.9 Å². The van der Waals surface area contributed by atoms with Crippen LogP contribution >= 0.6 is 11.3 Å². The highest BCUT2D eigenvalue weighted by atomic mass is 32.1. The number of carbonyl (C=O) groups is 1. The Kier molecular flexibility index (Phi) is 5.44. The van der Waals surface area contributed by atoms with Gasteiger partial charge < -0.3 is 10.2 Å². The van der Waals surface area contributed by atoms with E-state index in [-0.39, 0.29) is 22.5 Å². The second-order valence-electron chi connectivity index (χ2n) is 6.31. The molecule has 0 saturated carbocycles. The monoisotopic (exact) mass is 428 g/mol. The third-order valence-electron chi connectivity index (χ3n) is 4.26. The Morgan fingerprint density at radius 3 is 2.67 bits per heavy atom. The first-order valence-corrected chi connectivity index (χ1v) is 9.54. The normalized spacial score (nSPS) is 12.1. The van der Waals surface area contributed by atoms with Crippen molar-refractivity contribution < 1.29 is 23.8 Å². The number of anilines is 1. The molecule has 4 aromatic rings. The van der Waals surface area contributed by atoms with Crippen LogP contribution in [0, 0.1) is 11.6 Å². The first-order chi connectivity index (χ1) is 14.4. The second kappa shape index (κ2) is 8.19. The molecule has 3 heterocycles. The Bertz CT molecular complexity index is 1230. The number of amides is 1. The highest BCUT2D eigenvalue weighted by Crippen LogP contribution is 2.27. The van der Waals surface area contributed by atoms with Crippen molar-refractivity contribution in [3.63, 3.8) is 0 Å². The Morgan fingerprint density at radius 1 is 1.13 bits per heavy atom. The Hall–Kier alpha value is -3.34. The van der Waals surface area contributed by atoms with E-state index < -0.39 is 30.3 Å². The van der Waals surface area contributed by atoms with Gasteiger partial charge in [-0.25, -0.2) is 13.8 Å². The minimum absolute atomic E-state index is 0.0518. The topological polar surface area (TPSA) is 108 Å². The SMILES string of the molecule is O=C(Nc1nc2cc(F)ccc2s1)c1ccc(-c2ncc(C(O)CO)cc2F)nc1. The standard InChI is InChI=1S/C20H14F2N4O3S/c21-12-2-4-17-15(6-12)25-20(30-17)26-19(29)10-1-3-14(23-7-10)18-13(22)5-11(8-24-18)16(28)9-27/h1-8,16,27-28H,9H2,(H,25,26,29). The van der Waals surface area contributed by atoms with Crippen molar-refractivity contribution >= 4 is 32.6 Å². The summed E-state index contributed by atoms with van der Waals surface area (Å²) in [5.41, 5.74) is 0.955. The molecule has 4 rings (SSSR count). The lowest BCUT2D eigenvalue weighted by molar-refractivity contribution is 0.0951. The molecule has 152 valence electrons. The molecule has 10 heteroatoms. The van der Waals surface area contributed by atoms with Gasteiger partial charge in [0, 0.05) is 24.0 Å². The number of rotatable bonds is 5. The highest BCUT2D eigenvalue weighted by molar-refractivity contribution is 7.22. The lowest BCUT2D eigenvalue weighted by Gasteiger charge is -2.09. The van der Waals surface area contributed by atoms with Gasteiger partial charge in [-0.3, -0.25) is 20.1 Å². The van der Waals surface area contributed by atoms with Crippen molar-refractivity contribution in [3.05, 3.63) is 71.6 Å². The fraction of sp³-hybridized carbons (Fsp3) is 0.100. The zero-order chi connectivity index (χ0) is 21.3. The van der Waals surface area contributed by atoms with Crippen LogP contribution in [-0.4, -0.2) is 37.7 Å². The maximum absolute atomic E-state index is 14.3. The second-order valence-corrected chi connectivity index (χ2v) is 7.35. The van der Waals surface area contributed by atoms with Gasteiger partial charge in [0.25, 0.3) is 5.91 Å². The maximum Gasteiger partial charge on any atom is 0.259 e. The van der Waals surface area contributed by atoms with Gasteiger partial charge in [-0.1, -0.05) is 11.3 Å². The maximum atomic E-state index is 14.3. The lowest BCUT2D eigenvalue weighted by Crippen LogP contribution is -2.12. The van der Waals surface area contributed by atoms with Crippen molar-refractivity contribution in [2.75, 3.05) is 11.9 Å². The van der Waals surface area contributed by atoms with E-state index in [1.54, 1.807) is 6.07 Å². The molecule has 3 aromatic heterocycles. The summed E-state index contributed by atoms with van der Waals surface area (Å²) in [6, 6.07) is 8.16. The molecule has 3 N–H and O–H groups in total. The molecular weight excluding hydrogens is 414 g/mol. The van der Waals surface area contributed by atoms with Crippen LogP contribution in [0.25, 0.3) is 21.6 Å². The van der Waals surface area contributed by atoms with Gasteiger partial charge in [0.05, 0.1) is 28.1 Å². The van der Waals surface area contributed by atoms with E-state index in [2.05, 4.69) is 20.3 Å². The fourth-order valence-corrected chi connectivity index (χ4v) is 3.56. The van der Waals surface area contributed by atoms with Crippen molar-refractivity contribution in [2.24, 2.45) is 0 Å². The highest BCUT2D eigenvalue weighted by Gasteiger charge is 2.15. The summed E-state index contributed by atoms with van der Waals surface area (Å²) in [6.07, 6.45) is 1.30. The van der Waals surface area contributed by atoms with E-state index in [0.717, 1.165) is 10.8 Å². The van der Waals surface area contributed by atoms with Crippen molar-refractivity contribution in [1.29, 1.82) is 0 Å². The number of aliphatic hydroxyl groups excluding tert-OH is 2. The summed E-state index contributed by atoms with van der Waals surface area (Å²) in [5, 5.41) is 21.4. The average molecular weight is 428 g/mol. The van der Waals surface area contributed by atoms with Gasteiger partial charge >= 0.3 is 0 Å². The molecule has 0 fully saturated rings. The number of aromatic nitrogens is 3. The number of hydrogen-bond acceptors (Lipinski definition) is 7. The smallest absolute Gasteiger partial charge is 0.259 e. The number of hydrogen-bond donors (Lipinski definition) is 3. The van der Waals surface area contributed by atoms with Gasteiger partial charge in [-0.05, 0) is 30.3 Å². The number of halogens is 2. The van der Waals surface area contributed by atoms with Crippen molar-refractivity contribution in [1.82, 2.24) is 15.0 Å². The summed E-state index contributed by atoms with van der Waals surface area (Å²) in [6.45, 7) is -0.549. The molecule has 30 heavy (non-hydrogen) atoms. The minimum Gasteiger partial charge on any atom is -0.393 e. The summed E-state index contributed by atoms with van der Waals surface area (Å²) < 4.78 is 28.3. The quantitative estimate of drug-likeness (QED) is 0.450. The molecule has 0 spiro atoms. The minimum atomic E-state index is -1.22. The van der Waals surface area contributed by atoms with Crippen LogP contribution in [0.1, 0.15) is 22.0 Å². The van der Waals surface area contributed by atoms with Gasteiger partial charge in [0.2, 0.25) is 0 Å². The van der Waals surface area contributed by atoms with Gasteiger partial charge in [-0.2, -0.15) is 0 Å². The third-order valence-corrected chi connectivity index (χ3v) is 5.21. The number of thiazole rings is 1. The predicted molar refractivity (Wildman–Crippen MR) is 107 cm³/mol. The van der Waals surface area contributed by atoms with E-state index in [4.69, 9.17) is 5.11 Å². The molecular formula is C20H14F2N4O3S. The number of nitrogens with one attached hydrogen (secondary N) is 1. The molecule has 1 amide bonds. The number of aliphatic hydroxyl groups is 2. The van der Waals surface area contributed by atoms with E-state index in [0.29, 0.717) is 10.6 Å². The summed E-state index contributed by atoms with van der Waals surface area (Å²) in [7, 11) is 0. The average Bonchev–Trinajstić information content (AvgIpc) is 3.14. The Morgan fingerprint density at radius 2 is 1.97 bits per heavy atom. The zero-order valence-electron chi connectivity index (χ0n) is 15.2. The van der Waals surface area contributed by atoms with Crippen LogP contribution in [0.15, 0.2) is 48.8 Å². The van der Waals surface area contributed by atoms with Crippen LogP contribution in [0.3, 0.4) is 0 Å². The van der Waals surface area contributed by atoms with E-state index in [9.17, 15) is 18.7 Å². The Balaban J connectivity index is 1.52. The van der Waals surface area contributed by atoms with Gasteiger partial charge in [-0.15, -0.1) is 0 Å². The first-order valence-electron chi connectivity index (χ1n) is 8.73. The summed E-state index contributed by atoms with van der Waals surface area (Å²) >= 11 is 1.21. The third kappa shape index (κ3) is 4.01. The summed E-state index contributed by atoms with van der Waals surface area (Å²) in [4.78, 5) is 24.6. The van der Waals surface area contributed by atoms with Crippen LogP contribution in [0.2, 0.25) is 0 Å². The number of carbonyl (C=O) groups excluding carboxylic acids is 1. The molecule has 0 radical (unpaired) electrons. The molecule has 0 aliphatic rings. The lowest BCUT2D eigenvalue weighted by atomic mass is 10.1. The van der Waals surface area contributed by atoms with E-state index in [1.807, 2.05) is 0 Å². The van der Waals surface area contributed by atoms with E-state index >= 15 is 0 Å². The number of pyridine rings is 2. The molecule has 0 saturated heterocycles. The molecule has 0 bridgehead atoms. The molecule has 0 aliphatic carbocycles. The van der Waals surface area contributed by atoms with Gasteiger partial charge in [0.15, 0.2) is 10.9 Å². The molecule has 7 nitrogen and oxygen atoms in total. The largest absolute Gasteiger partial charge is 0.393 e. The summed E-state index contributed by atoms with van der Waals surface area (Å²) in [5.74, 6) is -1.60. The number of benzene rings is 1. The predicted octanol–water partition coefficient (Wildman–Crippen LogP) is 3.31. The van der Waals surface area contributed by atoms with Crippen LogP contribution in [0.5, 0.6) is 0 Å². The fourth-order valence-electron chi connectivity index (χ4n) is 2.72. The Labute approximate surface area is 172 Å². The molecule has 1 atom stereocenters. The van der Waals surface area contributed by atoms with Crippen LogP contribution in [-0.2, 0) is 0 Å². The van der Waals surface area contributed by atoms with Crippen molar-refractivity contribution in [3.8, 4) is 11.4 Å². The molecule has 0 aliphatic heterocycles. The van der Waals surface area contributed by atoms with E-state index in [1.165, 1.54) is 48.0 Å². The van der Waals surface area contributed by atoms with Crippen LogP contribution < -0.4 is 5.32 Å². The molecule has 1 unspecified atom stereocenters. The number of fused-ring (bicyclic) bond motifs is 1. The molecule has 1 aromatic carbocycles. The van der Waals surface area contributed by atoms with Gasteiger partial charge in [0.1, 0.15) is 17.6 Å². The van der Waals surface area contributed by atoms with Crippen molar-refractivity contribution in [2.45, 2.75) is 6.10 Å². The number of nitrogens with zero attached hydrogens (tertiary/aromatic N) is 3. The first kappa shape index (κ1) is 20.0. The zero-order valence-corrected chi connectivity index (χ0v) is 16.0.